The van der Waals surface area contributed by atoms with Crippen molar-refractivity contribution in [3.8, 4) is 5.75 Å². The van der Waals surface area contributed by atoms with E-state index in [9.17, 15) is 13.2 Å². The maximum absolute atomic E-state index is 13.0. The Morgan fingerprint density at radius 3 is 2.48 bits per heavy atom. The largest absolute Gasteiger partial charge is 0.495 e. The van der Waals surface area contributed by atoms with Crippen LogP contribution in [0.15, 0.2) is 47.4 Å². The second-order valence-corrected chi connectivity index (χ2v) is 8.81. The van der Waals surface area contributed by atoms with Gasteiger partial charge in [-0.1, -0.05) is 26.0 Å². The van der Waals surface area contributed by atoms with Crippen molar-refractivity contribution in [3.63, 3.8) is 0 Å². The first kappa shape index (κ1) is 22.8. The first-order chi connectivity index (χ1) is 14.9. The zero-order valence-electron chi connectivity index (χ0n) is 18.3. The standard InChI is InChI=1S/C22H28N4O4S/c1-5-25(6-2)31(28,29)20-14-16(12-13-19(20)30-4)22(27)23-15-21-24-17-10-8-9-11-18(17)26(21)7-3/h8-14H,5-7,15H2,1-4H3,(H,23,27). The monoisotopic (exact) mass is 444 g/mol. The average Bonchev–Trinajstić information content (AvgIpc) is 3.15. The quantitative estimate of drug-likeness (QED) is 0.548. The Morgan fingerprint density at radius 1 is 1.13 bits per heavy atom. The summed E-state index contributed by atoms with van der Waals surface area (Å²) in [7, 11) is -2.37. The topological polar surface area (TPSA) is 93.5 Å². The highest BCUT2D eigenvalue weighted by molar-refractivity contribution is 7.89. The van der Waals surface area contributed by atoms with Crippen LogP contribution >= 0.6 is 0 Å². The summed E-state index contributed by atoms with van der Waals surface area (Å²) in [5.74, 6) is 0.561. The van der Waals surface area contributed by atoms with Crippen LogP contribution < -0.4 is 10.1 Å². The molecule has 3 rings (SSSR count). The van der Waals surface area contributed by atoms with Crippen molar-refractivity contribution in [2.24, 2.45) is 0 Å². The van der Waals surface area contributed by atoms with Gasteiger partial charge in [0.2, 0.25) is 10.0 Å². The van der Waals surface area contributed by atoms with E-state index in [1.807, 2.05) is 35.8 Å². The van der Waals surface area contributed by atoms with Gasteiger partial charge in [-0.3, -0.25) is 4.79 Å². The van der Waals surface area contributed by atoms with E-state index >= 15 is 0 Å². The fourth-order valence-corrected chi connectivity index (χ4v) is 5.24. The van der Waals surface area contributed by atoms with E-state index < -0.39 is 10.0 Å². The molecule has 31 heavy (non-hydrogen) atoms. The number of para-hydroxylation sites is 2. The fraction of sp³-hybridized carbons (Fsp3) is 0.364. The van der Waals surface area contributed by atoms with Gasteiger partial charge < -0.3 is 14.6 Å². The van der Waals surface area contributed by atoms with Crippen molar-refractivity contribution in [3.05, 3.63) is 53.9 Å². The second kappa shape index (κ2) is 9.49. The minimum absolute atomic E-state index is 0.0212. The van der Waals surface area contributed by atoms with Gasteiger partial charge in [0.25, 0.3) is 5.91 Å². The fourth-order valence-electron chi connectivity index (χ4n) is 3.60. The number of nitrogens with zero attached hydrogens (tertiary/aromatic N) is 3. The molecule has 9 heteroatoms. The Morgan fingerprint density at radius 2 is 1.84 bits per heavy atom. The molecule has 0 bridgehead atoms. The maximum Gasteiger partial charge on any atom is 0.251 e. The molecule has 0 aliphatic heterocycles. The number of aromatic nitrogens is 2. The summed E-state index contributed by atoms with van der Waals surface area (Å²) in [6.45, 7) is 7.16. The molecule has 3 aromatic rings. The molecule has 0 fully saturated rings. The summed E-state index contributed by atoms with van der Waals surface area (Å²) in [5, 5.41) is 2.85. The highest BCUT2D eigenvalue weighted by atomic mass is 32.2. The number of rotatable bonds is 9. The van der Waals surface area contributed by atoms with Crippen LogP contribution in [0.5, 0.6) is 5.75 Å². The molecule has 0 aliphatic carbocycles. The van der Waals surface area contributed by atoms with E-state index in [1.54, 1.807) is 19.9 Å². The van der Waals surface area contributed by atoms with Crippen molar-refractivity contribution in [1.82, 2.24) is 19.2 Å². The number of aryl methyl sites for hydroxylation is 1. The van der Waals surface area contributed by atoms with E-state index in [2.05, 4.69) is 10.3 Å². The van der Waals surface area contributed by atoms with Gasteiger partial charge in [0.1, 0.15) is 16.5 Å². The lowest BCUT2D eigenvalue weighted by Gasteiger charge is -2.20. The minimum Gasteiger partial charge on any atom is -0.495 e. The summed E-state index contributed by atoms with van der Waals surface area (Å²) in [6.07, 6.45) is 0. The van der Waals surface area contributed by atoms with E-state index in [0.29, 0.717) is 13.1 Å². The zero-order valence-corrected chi connectivity index (χ0v) is 19.1. The van der Waals surface area contributed by atoms with Crippen molar-refractivity contribution >= 4 is 27.0 Å². The highest BCUT2D eigenvalue weighted by Crippen LogP contribution is 2.28. The second-order valence-electron chi connectivity index (χ2n) is 6.90. The predicted octanol–water partition coefficient (Wildman–Crippen LogP) is 3.03. The van der Waals surface area contributed by atoms with E-state index in [-0.39, 0.29) is 28.7 Å². The zero-order chi connectivity index (χ0) is 22.6. The molecule has 0 spiro atoms. The minimum atomic E-state index is -3.78. The van der Waals surface area contributed by atoms with Gasteiger partial charge in [-0.15, -0.1) is 0 Å². The summed E-state index contributed by atoms with van der Waals surface area (Å²) >= 11 is 0. The number of carbonyl (C=O) groups excluding carboxylic acids is 1. The van der Waals surface area contributed by atoms with Crippen molar-refractivity contribution in [2.45, 2.75) is 38.8 Å². The average molecular weight is 445 g/mol. The molecule has 1 amide bonds. The van der Waals surface area contributed by atoms with Crippen LogP contribution in [0.25, 0.3) is 11.0 Å². The van der Waals surface area contributed by atoms with Crippen molar-refractivity contribution in [1.29, 1.82) is 0 Å². The SMILES string of the molecule is CCN(CC)S(=O)(=O)c1cc(C(=O)NCc2nc3ccccc3n2CC)ccc1OC. The number of nitrogens with one attached hydrogen (secondary N) is 1. The number of hydrogen-bond donors (Lipinski definition) is 1. The summed E-state index contributed by atoms with van der Waals surface area (Å²) < 4.78 is 34.6. The van der Waals surface area contributed by atoms with Gasteiger partial charge in [-0.2, -0.15) is 4.31 Å². The molecule has 1 aromatic heterocycles. The normalized spacial score (nSPS) is 11.8. The Labute approximate surface area is 182 Å². The molecule has 1 heterocycles. The lowest BCUT2D eigenvalue weighted by molar-refractivity contribution is 0.0949. The molecule has 8 nitrogen and oxygen atoms in total. The van der Waals surface area contributed by atoms with Crippen LogP contribution in [-0.2, 0) is 23.1 Å². The number of imidazole rings is 1. The number of amides is 1. The highest BCUT2D eigenvalue weighted by Gasteiger charge is 2.27. The molecule has 2 aromatic carbocycles. The third-order valence-corrected chi connectivity index (χ3v) is 7.28. The number of benzene rings is 2. The van der Waals surface area contributed by atoms with Crippen LogP contribution in [-0.4, -0.2) is 48.4 Å². The number of ether oxygens (including phenoxy) is 1. The van der Waals surface area contributed by atoms with Crippen LogP contribution in [0.2, 0.25) is 0 Å². The lowest BCUT2D eigenvalue weighted by atomic mass is 10.2. The van der Waals surface area contributed by atoms with Crippen molar-refractivity contribution < 1.29 is 17.9 Å². The van der Waals surface area contributed by atoms with Gasteiger partial charge in [0.05, 0.1) is 24.7 Å². The molecule has 1 N–H and O–H groups in total. The number of fused-ring (bicyclic) bond motifs is 1. The molecule has 0 saturated carbocycles. The first-order valence-electron chi connectivity index (χ1n) is 10.3. The molecule has 0 aliphatic rings. The van der Waals surface area contributed by atoms with Crippen LogP contribution in [0.1, 0.15) is 37.0 Å². The number of carbonyl (C=O) groups is 1. The number of hydrogen-bond acceptors (Lipinski definition) is 5. The van der Waals surface area contributed by atoms with Gasteiger partial charge >= 0.3 is 0 Å². The van der Waals surface area contributed by atoms with E-state index in [0.717, 1.165) is 23.4 Å². The summed E-state index contributed by atoms with van der Waals surface area (Å²) in [6, 6.07) is 12.2. The lowest BCUT2D eigenvalue weighted by Crippen LogP contribution is -2.31. The summed E-state index contributed by atoms with van der Waals surface area (Å²) in [5.41, 5.74) is 2.11. The van der Waals surface area contributed by atoms with Crippen LogP contribution in [0.4, 0.5) is 0 Å². The molecule has 166 valence electrons. The van der Waals surface area contributed by atoms with Gasteiger partial charge in [0, 0.05) is 25.2 Å². The Kier molecular flexibility index (Phi) is 6.97. The van der Waals surface area contributed by atoms with Gasteiger partial charge in [-0.25, -0.2) is 13.4 Å². The molecular weight excluding hydrogens is 416 g/mol. The Hall–Kier alpha value is -2.91. The molecule has 0 atom stereocenters. The van der Waals surface area contributed by atoms with E-state index in [1.165, 1.54) is 23.5 Å². The van der Waals surface area contributed by atoms with Gasteiger partial charge in [-0.05, 0) is 37.3 Å². The van der Waals surface area contributed by atoms with Crippen LogP contribution in [0, 0.1) is 0 Å². The molecular formula is C22H28N4O4S. The third-order valence-electron chi connectivity index (χ3n) is 5.21. The number of sulfonamides is 1. The molecule has 0 radical (unpaired) electrons. The number of methoxy groups -OCH3 is 1. The summed E-state index contributed by atoms with van der Waals surface area (Å²) in [4.78, 5) is 17.4. The Bertz CT molecular complexity index is 1180. The Balaban J connectivity index is 1.88. The van der Waals surface area contributed by atoms with Crippen molar-refractivity contribution in [2.75, 3.05) is 20.2 Å². The molecule has 0 saturated heterocycles. The maximum atomic E-state index is 13.0. The van der Waals surface area contributed by atoms with Crippen LogP contribution in [0.3, 0.4) is 0 Å². The smallest absolute Gasteiger partial charge is 0.251 e. The predicted molar refractivity (Wildman–Crippen MR) is 120 cm³/mol. The van der Waals surface area contributed by atoms with E-state index in [4.69, 9.17) is 4.74 Å². The van der Waals surface area contributed by atoms with Gasteiger partial charge in [0.15, 0.2) is 0 Å². The first-order valence-corrected chi connectivity index (χ1v) is 11.7. The third kappa shape index (κ3) is 4.42. The molecule has 0 unspecified atom stereocenters.